The van der Waals surface area contributed by atoms with E-state index in [0.29, 0.717) is 18.3 Å². The lowest BCUT2D eigenvalue weighted by atomic mass is 10.1. The predicted octanol–water partition coefficient (Wildman–Crippen LogP) is 4.11. The van der Waals surface area contributed by atoms with Crippen LogP contribution in [0.4, 0.5) is 23.1 Å². The first-order chi connectivity index (χ1) is 12.5. The van der Waals surface area contributed by atoms with Crippen molar-refractivity contribution in [2.24, 2.45) is 5.92 Å². The molecule has 1 amide bonds. The highest BCUT2D eigenvalue weighted by Gasteiger charge is 2.15. The molecule has 2 aromatic rings. The van der Waals surface area contributed by atoms with Gasteiger partial charge in [-0.1, -0.05) is 13.8 Å². The number of anilines is 4. The standard InChI is InChI=1S/C20H27N5O/c1-14(2)12-19(26)22-16-6-8-17(9-7-16)23-20-21-15(3)13-18(24-20)25-10-4-5-11-25/h6-9,13-14H,4-5,10-12H2,1-3H3,(H,22,26)(H,21,23,24). The van der Waals surface area contributed by atoms with Gasteiger partial charge in [-0.05, 0) is 49.9 Å². The maximum atomic E-state index is 11.8. The van der Waals surface area contributed by atoms with Gasteiger partial charge >= 0.3 is 0 Å². The molecule has 1 aliphatic rings. The van der Waals surface area contributed by atoms with E-state index < -0.39 is 0 Å². The molecule has 1 aromatic heterocycles. The van der Waals surface area contributed by atoms with Crippen LogP contribution in [-0.4, -0.2) is 29.0 Å². The number of benzene rings is 1. The van der Waals surface area contributed by atoms with Crippen LogP contribution >= 0.6 is 0 Å². The summed E-state index contributed by atoms with van der Waals surface area (Å²) in [5.41, 5.74) is 2.64. The van der Waals surface area contributed by atoms with E-state index in [-0.39, 0.29) is 5.91 Å². The maximum Gasteiger partial charge on any atom is 0.229 e. The van der Waals surface area contributed by atoms with E-state index in [0.717, 1.165) is 36.0 Å². The summed E-state index contributed by atoms with van der Waals surface area (Å²) in [6.07, 6.45) is 2.96. The molecule has 2 N–H and O–H groups in total. The summed E-state index contributed by atoms with van der Waals surface area (Å²) in [7, 11) is 0. The van der Waals surface area contributed by atoms with E-state index in [1.54, 1.807) is 0 Å². The fourth-order valence-electron chi connectivity index (χ4n) is 3.06. The number of nitrogens with one attached hydrogen (secondary N) is 2. The highest BCUT2D eigenvalue weighted by molar-refractivity contribution is 5.91. The van der Waals surface area contributed by atoms with E-state index in [4.69, 9.17) is 0 Å². The number of aromatic nitrogens is 2. The molecule has 2 heterocycles. The summed E-state index contributed by atoms with van der Waals surface area (Å²) in [5.74, 6) is 1.97. The summed E-state index contributed by atoms with van der Waals surface area (Å²) in [4.78, 5) is 23.3. The predicted molar refractivity (Wildman–Crippen MR) is 106 cm³/mol. The quantitative estimate of drug-likeness (QED) is 0.818. The van der Waals surface area contributed by atoms with Crippen molar-refractivity contribution in [1.29, 1.82) is 0 Å². The smallest absolute Gasteiger partial charge is 0.229 e. The van der Waals surface area contributed by atoms with Gasteiger partial charge in [0.05, 0.1) is 0 Å². The molecule has 1 aromatic carbocycles. The van der Waals surface area contributed by atoms with Crippen LogP contribution in [0, 0.1) is 12.8 Å². The van der Waals surface area contributed by atoms with Crippen LogP contribution in [0.3, 0.4) is 0 Å². The number of hydrogen-bond acceptors (Lipinski definition) is 5. The van der Waals surface area contributed by atoms with Crippen LogP contribution in [0.2, 0.25) is 0 Å². The second-order valence-corrected chi connectivity index (χ2v) is 7.23. The van der Waals surface area contributed by atoms with Crippen molar-refractivity contribution in [3.63, 3.8) is 0 Å². The third-order valence-electron chi connectivity index (χ3n) is 4.29. The summed E-state index contributed by atoms with van der Waals surface area (Å²) < 4.78 is 0. The minimum absolute atomic E-state index is 0.0398. The van der Waals surface area contributed by atoms with Gasteiger partial charge in [0.15, 0.2) is 0 Å². The van der Waals surface area contributed by atoms with E-state index >= 15 is 0 Å². The van der Waals surface area contributed by atoms with Gasteiger partial charge < -0.3 is 15.5 Å². The van der Waals surface area contributed by atoms with Gasteiger partial charge in [-0.3, -0.25) is 4.79 Å². The zero-order chi connectivity index (χ0) is 18.5. The fraction of sp³-hybridized carbons (Fsp3) is 0.450. The number of carbonyl (C=O) groups is 1. The zero-order valence-corrected chi connectivity index (χ0v) is 15.7. The van der Waals surface area contributed by atoms with Crippen molar-refractivity contribution in [3.8, 4) is 0 Å². The number of amides is 1. The third kappa shape index (κ3) is 4.94. The summed E-state index contributed by atoms with van der Waals surface area (Å²) >= 11 is 0. The average Bonchev–Trinajstić information content (AvgIpc) is 3.10. The van der Waals surface area contributed by atoms with Crippen LogP contribution in [-0.2, 0) is 4.79 Å². The molecular formula is C20H27N5O. The lowest BCUT2D eigenvalue weighted by Crippen LogP contribution is -2.19. The minimum Gasteiger partial charge on any atom is -0.356 e. The van der Waals surface area contributed by atoms with Gasteiger partial charge in [-0.15, -0.1) is 0 Å². The molecule has 0 bridgehead atoms. The Balaban J connectivity index is 1.66. The normalized spacial score (nSPS) is 13.9. The minimum atomic E-state index is 0.0398. The Kier molecular flexibility index (Phi) is 5.71. The zero-order valence-electron chi connectivity index (χ0n) is 15.7. The van der Waals surface area contributed by atoms with Crippen LogP contribution < -0.4 is 15.5 Å². The van der Waals surface area contributed by atoms with E-state index in [9.17, 15) is 4.79 Å². The topological polar surface area (TPSA) is 70.2 Å². The van der Waals surface area contributed by atoms with Crippen LogP contribution in [0.5, 0.6) is 0 Å². The van der Waals surface area contributed by atoms with Crippen molar-refractivity contribution in [2.45, 2.75) is 40.0 Å². The van der Waals surface area contributed by atoms with Crippen molar-refractivity contribution >= 4 is 29.0 Å². The fourth-order valence-corrected chi connectivity index (χ4v) is 3.06. The molecular weight excluding hydrogens is 326 g/mol. The highest BCUT2D eigenvalue weighted by Crippen LogP contribution is 2.22. The summed E-state index contributed by atoms with van der Waals surface area (Å²) in [6, 6.07) is 9.65. The van der Waals surface area contributed by atoms with Gasteiger partial charge in [-0.25, -0.2) is 4.98 Å². The molecule has 138 valence electrons. The van der Waals surface area contributed by atoms with E-state index in [2.05, 4.69) is 25.5 Å². The molecule has 6 nitrogen and oxygen atoms in total. The Morgan fingerprint density at radius 3 is 2.42 bits per heavy atom. The first-order valence-electron chi connectivity index (χ1n) is 9.27. The molecule has 0 radical (unpaired) electrons. The van der Waals surface area contributed by atoms with Gasteiger partial charge in [0, 0.05) is 42.6 Å². The van der Waals surface area contributed by atoms with Crippen LogP contribution in [0.25, 0.3) is 0 Å². The highest BCUT2D eigenvalue weighted by atomic mass is 16.1. The molecule has 0 saturated carbocycles. The Bertz CT molecular complexity index is 751. The number of carbonyl (C=O) groups excluding carboxylic acids is 1. The third-order valence-corrected chi connectivity index (χ3v) is 4.29. The second kappa shape index (κ2) is 8.17. The monoisotopic (exact) mass is 353 g/mol. The molecule has 26 heavy (non-hydrogen) atoms. The molecule has 1 saturated heterocycles. The lowest BCUT2D eigenvalue weighted by Gasteiger charge is -2.17. The Labute approximate surface area is 155 Å². The number of hydrogen-bond donors (Lipinski definition) is 2. The van der Waals surface area contributed by atoms with Crippen LogP contribution in [0.15, 0.2) is 30.3 Å². The van der Waals surface area contributed by atoms with Gasteiger partial charge in [0.1, 0.15) is 5.82 Å². The largest absolute Gasteiger partial charge is 0.356 e. The van der Waals surface area contributed by atoms with Crippen molar-refractivity contribution in [3.05, 3.63) is 36.0 Å². The first-order valence-corrected chi connectivity index (χ1v) is 9.27. The molecule has 0 atom stereocenters. The van der Waals surface area contributed by atoms with Crippen molar-refractivity contribution in [1.82, 2.24) is 9.97 Å². The Morgan fingerprint density at radius 2 is 1.77 bits per heavy atom. The molecule has 1 aliphatic heterocycles. The van der Waals surface area contributed by atoms with Crippen molar-refractivity contribution in [2.75, 3.05) is 28.6 Å². The summed E-state index contributed by atoms with van der Waals surface area (Å²) in [6.45, 7) is 8.16. The van der Waals surface area contributed by atoms with Crippen molar-refractivity contribution < 1.29 is 4.79 Å². The van der Waals surface area contributed by atoms with E-state index in [1.165, 1.54) is 12.8 Å². The molecule has 3 rings (SSSR count). The first kappa shape index (κ1) is 18.2. The molecule has 0 aliphatic carbocycles. The summed E-state index contributed by atoms with van der Waals surface area (Å²) in [5, 5.41) is 6.17. The molecule has 1 fully saturated rings. The number of aryl methyl sites for hydroxylation is 1. The number of nitrogens with zero attached hydrogens (tertiary/aromatic N) is 3. The average molecular weight is 353 g/mol. The van der Waals surface area contributed by atoms with Gasteiger partial charge in [-0.2, -0.15) is 4.98 Å². The molecule has 0 unspecified atom stereocenters. The van der Waals surface area contributed by atoms with Crippen LogP contribution in [0.1, 0.15) is 38.8 Å². The maximum absolute atomic E-state index is 11.8. The van der Waals surface area contributed by atoms with E-state index in [1.807, 2.05) is 51.1 Å². The SMILES string of the molecule is Cc1cc(N2CCCC2)nc(Nc2ccc(NC(=O)CC(C)C)cc2)n1. The molecule has 0 spiro atoms. The van der Waals surface area contributed by atoms with Gasteiger partial charge in [0.25, 0.3) is 0 Å². The Morgan fingerprint density at radius 1 is 1.12 bits per heavy atom. The Hall–Kier alpha value is -2.63. The number of rotatable bonds is 6. The van der Waals surface area contributed by atoms with Gasteiger partial charge in [0.2, 0.25) is 11.9 Å². The molecule has 6 heteroatoms. The lowest BCUT2D eigenvalue weighted by molar-refractivity contribution is -0.116. The second-order valence-electron chi connectivity index (χ2n) is 7.23.